The van der Waals surface area contributed by atoms with Crippen LogP contribution in [-0.4, -0.2) is 27.4 Å². The van der Waals surface area contributed by atoms with Gasteiger partial charge in [-0.2, -0.15) is 11.8 Å². The molecule has 1 aromatic rings. The van der Waals surface area contributed by atoms with Crippen molar-refractivity contribution < 1.29 is 15.0 Å². The highest BCUT2D eigenvalue weighted by atomic mass is 32.2. The Kier molecular flexibility index (Phi) is 5.02. The number of aliphatic hydroxyl groups is 1. The zero-order valence-electron chi connectivity index (χ0n) is 10.3. The van der Waals surface area contributed by atoms with Gasteiger partial charge >= 0.3 is 0 Å². The van der Waals surface area contributed by atoms with E-state index < -0.39 is 6.10 Å². The molecule has 2 N–H and O–H groups in total. The van der Waals surface area contributed by atoms with Crippen molar-refractivity contribution in [3.8, 4) is 5.75 Å². The van der Waals surface area contributed by atoms with Gasteiger partial charge in [0.2, 0.25) is 0 Å². The molecule has 1 aromatic carbocycles. The lowest BCUT2D eigenvalue weighted by atomic mass is 10.1. The number of thioether (sulfide) groups is 1. The first kappa shape index (κ1) is 14.1. The molecule has 0 saturated heterocycles. The minimum absolute atomic E-state index is 0.0141. The number of benzene rings is 1. The van der Waals surface area contributed by atoms with Gasteiger partial charge in [0, 0.05) is 22.1 Å². The molecule has 0 bridgehead atoms. The minimum atomic E-state index is -0.391. The second-order valence-corrected chi connectivity index (χ2v) is 5.52. The van der Waals surface area contributed by atoms with Crippen LogP contribution in [0, 0.1) is 0 Å². The number of carbonyl (C=O) groups is 1. The number of phenolic OH excluding ortho intramolecular Hbond substituents is 1. The van der Waals surface area contributed by atoms with Crippen molar-refractivity contribution in [2.45, 2.75) is 37.9 Å². The molecule has 1 rings (SSSR count). The summed E-state index contributed by atoms with van der Waals surface area (Å²) in [7, 11) is 0. The van der Waals surface area contributed by atoms with Gasteiger partial charge < -0.3 is 10.2 Å². The van der Waals surface area contributed by atoms with Crippen LogP contribution < -0.4 is 0 Å². The van der Waals surface area contributed by atoms with Crippen LogP contribution in [0.1, 0.15) is 36.7 Å². The third-order valence-corrected chi connectivity index (χ3v) is 4.06. The standard InChI is InChI=1S/C13H18O3S/c1-8(14)10(3)17-7-12-6-11(9(2)15)4-5-13(12)16/h4-6,8,10,14,16H,7H2,1-3H3. The number of aliphatic hydroxyl groups excluding tert-OH is 1. The maximum Gasteiger partial charge on any atom is 0.159 e. The molecule has 0 radical (unpaired) electrons. The van der Waals surface area contributed by atoms with Crippen LogP contribution in [0.15, 0.2) is 18.2 Å². The number of rotatable bonds is 5. The minimum Gasteiger partial charge on any atom is -0.508 e. The molecule has 94 valence electrons. The van der Waals surface area contributed by atoms with Crippen LogP contribution in [0.4, 0.5) is 0 Å². The van der Waals surface area contributed by atoms with Gasteiger partial charge in [0.05, 0.1) is 6.10 Å². The van der Waals surface area contributed by atoms with E-state index in [0.717, 1.165) is 5.56 Å². The molecule has 0 saturated carbocycles. The Balaban J connectivity index is 2.76. The quantitative estimate of drug-likeness (QED) is 0.793. The molecule has 4 heteroatoms. The Morgan fingerprint density at radius 1 is 1.41 bits per heavy atom. The smallest absolute Gasteiger partial charge is 0.159 e. The molecular weight excluding hydrogens is 236 g/mol. The summed E-state index contributed by atoms with van der Waals surface area (Å²) in [6, 6.07) is 4.86. The van der Waals surface area contributed by atoms with Crippen LogP contribution in [0.3, 0.4) is 0 Å². The number of aromatic hydroxyl groups is 1. The largest absolute Gasteiger partial charge is 0.508 e. The average molecular weight is 254 g/mol. The van der Waals surface area contributed by atoms with Crippen molar-refractivity contribution in [2.24, 2.45) is 0 Å². The van der Waals surface area contributed by atoms with Gasteiger partial charge in [-0.25, -0.2) is 0 Å². The van der Waals surface area contributed by atoms with Crippen LogP contribution in [0.25, 0.3) is 0 Å². The van der Waals surface area contributed by atoms with E-state index in [9.17, 15) is 15.0 Å². The van der Waals surface area contributed by atoms with E-state index in [4.69, 9.17) is 0 Å². The molecule has 3 nitrogen and oxygen atoms in total. The summed E-state index contributed by atoms with van der Waals surface area (Å²) in [5.41, 5.74) is 1.33. The number of hydrogen-bond donors (Lipinski definition) is 2. The SMILES string of the molecule is CC(=O)c1ccc(O)c(CSC(C)C(C)O)c1. The number of hydrogen-bond acceptors (Lipinski definition) is 4. The third-order valence-electron chi connectivity index (χ3n) is 2.67. The predicted octanol–water partition coefficient (Wildman–Crippen LogP) is 2.60. The van der Waals surface area contributed by atoms with Crippen molar-refractivity contribution in [2.75, 3.05) is 0 Å². The summed E-state index contributed by atoms with van der Waals surface area (Å²) in [6.45, 7) is 5.17. The lowest BCUT2D eigenvalue weighted by molar-refractivity contribution is 0.101. The molecule has 0 amide bonds. The fraction of sp³-hybridized carbons (Fsp3) is 0.462. The summed E-state index contributed by atoms with van der Waals surface area (Å²) in [4.78, 5) is 11.2. The van der Waals surface area contributed by atoms with Crippen molar-refractivity contribution in [1.82, 2.24) is 0 Å². The van der Waals surface area contributed by atoms with Gasteiger partial charge in [-0.1, -0.05) is 6.92 Å². The van der Waals surface area contributed by atoms with Gasteiger partial charge in [0.15, 0.2) is 5.78 Å². The second kappa shape index (κ2) is 6.07. The molecule has 0 aliphatic rings. The number of phenols is 1. The Morgan fingerprint density at radius 3 is 2.59 bits per heavy atom. The monoisotopic (exact) mass is 254 g/mol. The first-order chi connectivity index (χ1) is 7.91. The van der Waals surface area contributed by atoms with Crippen LogP contribution in [0.2, 0.25) is 0 Å². The fourth-order valence-corrected chi connectivity index (χ4v) is 2.23. The molecule has 2 atom stereocenters. The van der Waals surface area contributed by atoms with E-state index >= 15 is 0 Å². The summed E-state index contributed by atoms with van der Waals surface area (Å²) in [5.74, 6) is 0.763. The molecular formula is C13H18O3S. The van der Waals surface area contributed by atoms with Crippen molar-refractivity contribution in [3.05, 3.63) is 29.3 Å². The summed E-state index contributed by atoms with van der Waals surface area (Å²) in [6.07, 6.45) is -0.391. The Morgan fingerprint density at radius 2 is 2.06 bits per heavy atom. The van der Waals surface area contributed by atoms with Crippen molar-refractivity contribution in [1.29, 1.82) is 0 Å². The summed E-state index contributed by atoms with van der Waals surface area (Å²) < 4.78 is 0. The van der Waals surface area contributed by atoms with Crippen molar-refractivity contribution >= 4 is 17.5 Å². The summed E-state index contributed by atoms with van der Waals surface area (Å²) in [5, 5.41) is 19.1. The molecule has 0 heterocycles. The highest BCUT2D eigenvalue weighted by Crippen LogP contribution is 2.26. The lowest BCUT2D eigenvalue weighted by Gasteiger charge is -2.14. The van der Waals surface area contributed by atoms with E-state index in [2.05, 4.69) is 0 Å². The van der Waals surface area contributed by atoms with Gasteiger partial charge in [-0.3, -0.25) is 4.79 Å². The highest BCUT2D eigenvalue weighted by molar-refractivity contribution is 7.99. The highest BCUT2D eigenvalue weighted by Gasteiger charge is 2.11. The molecule has 0 aliphatic heterocycles. The van der Waals surface area contributed by atoms with E-state index in [0.29, 0.717) is 11.3 Å². The number of ketones is 1. The van der Waals surface area contributed by atoms with Crippen LogP contribution >= 0.6 is 11.8 Å². The third kappa shape index (κ3) is 4.06. The van der Waals surface area contributed by atoms with Gasteiger partial charge in [-0.05, 0) is 32.0 Å². The maximum absolute atomic E-state index is 11.2. The van der Waals surface area contributed by atoms with Gasteiger partial charge in [-0.15, -0.1) is 0 Å². The normalized spacial score (nSPS) is 14.4. The van der Waals surface area contributed by atoms with Gasteiger partial charge in [0.25, 0.3) is 0 Å². The number of Topliss-reactive ketones (excluding diaryl/α,β-unsaturated/α-hetero) is 1. The molecule has 0 spiro atoms. The van der Waals surface area contributed by atoms with E-state index in [1.807, 2.05) is 6.92 Å². The predicted molar refractivity (Wildman–Crippen MR) is 70.5 cm³/mol. The zero-order chi connectivity index (χ0) is 13.0. The molecule has 2 unspecified atom stereocenters. The van der Waals surface area contributed by atoms with E-state index in [1.54, 1.807) is 36.9 Å². The summed E-state index contributed by atoms with van der Waals surface area (Å²) >= 11 is 1.55. The van der Waals surface area contributed by atoms with Crippen LogP contribution in [-0.2, 0) is 5.75 Å². The van der Waals surface area contributed by atoms with E-state index in [1.165, 1.54) is 6.92 Å². The maximum atomic E-state index is 11.2. The Hall–Kier alpha value is -1.00. The van der Waals surface area contributed by atoms with Crippen LogP contribution in [0.5, 0.6) is 5.75 Å². The molecule has 0 aliphatic carbocycles. The van der Waals surface area contributed by atoms with E-state index in [-0.39, 0.29) is 16.8 Å². The molecule has 17 heavy (non-hydrogen) atoms. The number of carbonyl (C=O) groups excluding carboxylic acids is 1. The van der Waals surface area contributed by atoms with Gasteiger partial charge in [0.1, 0.15) is 5.75 Å². The van der Waals surface area contributed by atoms with Crippen molar-refractivity contribution in [3.63, 3.8) is 0 Å². The fourth-order valence-electron chi connectivity index (χ4n) is 1.28. The first-order valence-electron chi connectivity index (χ1n) is 5.54. The second-order valence-electron chi connectivity index (χ2n) is 4.16. The average Bonchev–Trinajstić information content (AvgIpc) is 2.26. The molecule has 0 aromatic heterocycles. The zero-order valence-corrected chi connectivity index (χ0v) is 11.1. The molecule has 0 fully saturated rings. The topological polar surface area (TPSA) is 57.5 Å². The Bertz CT molecular complexity index is 402. The lowest BCUT2D eigenvalue weighted by Crippen LogP contribution is -2.15. The first-order valence-corrected chi connectivity index (χ1v) is 6.59. The Labute approximate surface area is 106 Å².